The summed E-state index contributed by atoms with van der Waals surface area (Å²) >= 11 is 3.37. The van der Waals surface area contributed by atoms with Crippen molar-refractivity contribution in [3.8, 4) is 11.1 Å². The number of benzene rings is 1. The summed E-state index contributed by atoms with van der Waals surface area (Å²) < 4.78 is 5.93. The molecular formula is C12H9BrO2. The predicted molar refractivity (Wildman–Crippen MR) is 62.0 cm³/mol. The van der Waals surface area contributed by atoms with Crippen LogP contribution in [0.2, 0.25) is 0 Å². The summed E-state index contributed by atoms with van der Waals surface area (Å²) in [6.45, 7) is 2.01. The molecule has 0 N–H and O–H groups in total. The summed E-state index contributed by atoms with van der Waals surface area (Å²) in [6.07, 6.45) is 2.25. The zero-order valence-corrected chi connectivity index (χ0v) is 9.74. The lowest BCUT2D eigenvalue weighted by molar-refractivity contribution is 0.110. The van der Waals surface area contributed by atoms with E-state index in [-0.39, 0.29) is 0 Å². The Labute approximate surface area is 96.0 Å². The quantitative estimate of drug-likeness (QED) is 0.772. The van der Waals surface area contributed by atoms with E-state index in [1.165, 1.54) is 6.26 Å². The first-order valence-electron chi connectivity index (χ1n) is 4.51. The molecule has 2 aromatic rings. The first-order chi connectivity index (χ1) is 7.22. The third-order valence-electron chi connectivity index (χ3n) is 2.19. The fourth-order valence-corrected chi connectivity index (χ4v) is 2.04. The minimum atomic E-state index is 0.354. The Hall–Kier alpha value is -1.35. The van der Waals surface area contributed by atoms with Crippen LogP contribution in [0.15, 0.2) is 39.4 Å². The van der Waals surface area contributed by atoms with Crippen molar-refractivity contribution in [1.82, 2.24) is 0 Å². The van der Waals surface area contributed by atoms with Crippen LogP contribution in [-0.4, -0.2) is 6.29 Å². The van der Waals surface area contributed by atoms with Crippen molar-refractivity contribution in [3.63, 3.8) is 0 Å². The maximum absolute atomic E-state index is 10.8. The van der Waals surface area contributed by atoms with Crippen molar-refractivity contribution in [3.05, 3.63) is 46.3 Å². The maximum Gasteiger partial charge on any atom is 0.186 e. The van der Waals surface area contributed by atoms with Crippen LogP contribution in [0.4, 0.5) is 0 Å². The van der Waals surface area contributed by atoms with Gasteiger partial charge in [0.2, 0.25) is 0 Å². The summed E-state index contributed by atoms with van der Waals surface area (Å²) in [5.74, 6) is 0.354. The molecule has 1 aromatic carbocycles. The van der Waals surface area contributed by atoms with E-state index in [1.807, 2.05) is 31.2 Å². The number of hydrogen-bond donors (Lipinski definition) is 0. The first kappa shape index (κ1) is 10.2. The molecule has 76 valence electrons. The second-order valence-corrected chi connectivity index (χ2v) is 4.16. The highest BCUT2D eigenvalue weighted by Gasteiger charge is 2.12. The summed E-state index contributed by atoms with van der Waals surface area (Å²) in [5, 5.41) is 0. The number of carbonyl (C=O) groups excluding carboxylic acids is 1. The van der Waals surface area contributed by atoms with Gasteiger partial charge in [-0.25, -0.2) is 0 Å². The zero-order valence-electron chi connectivity index (χ0n) is 8.16. The Balaban J connectivity index is 2.62. The summed E-state index contributed by atoms with van der Waals surface area (Å²) in [6, 6.07) is 7.94. The third-order valence-corrected chi connectivity index (χ3v) is 2.77. The molecule has 0 aliphatic heterocycles. The highest BCUT2D eigenvalue weighted by molar-refractivity contribution is 9.10. The summed E-state index contributed by atoms with van der Waals surface area (Å²) in [7, 11) is 0. The molecule has 0 bridgehead atoms. The molecule has 0 fully saturated rings. The van der Waals surface area contributed by atoms with Gasteiger partial charge >= 0.3 is 0 Å². The molecule has 1 heterocycles. The van der Waals surface area contributed by atoms with Gasteiger partial charge in [-0.3, -0.25) is 4.79 Å². The number of hydrogen-bond acceptors (Lipinski definition) is 2. The average molecular weight is 265 g/mol. The number of halogens is 1. The van der Waals surface area contributed by atoms with E-state index in [9.17, 15) is 4.79 Å². The molecular weight excluding hydrogens is 256 g/mol. The highest BCUT2D eigenvalue weighted by atomic mass is 79.9. The lowest BCUT2D eigenvalue weighted by Gasteiger charge is -2.01. The van der Waals surface area contributed by atoms with E-state index in [2.05, 4.69) is 15.9 Å². The van der Waals surface area contributed by atoms with Gasteiger partial charge in [0, 0.05) is 5.56 Å². The highest BCUT2D eigenvalue weighted by Crippen LogP contribution is 2.32. The van der Waals surface area contributed by atoms with Gasteiger partial charge in [0.05, 0.1) is 4.47 Å². The molecule has 0 amide bonds. The van der Waals surface area contributed by atoms with Crippen molar-refractivity contribution in [2.45, 2.75) is 6.92 Å². The van der Waals surface area contributed by atoms with Crippen LogP contribution in [0.3, 0.4) is 0 Å². The van der Waals surface area contributed by atoms with Crippen LogP contribution < -0.4 is 0 Å². The topological polar surface area (TPSA) is 30.2 Å². The van der Waals surface area contributed by atoms with Crippen molar-refractivity contribution in [2.75, 3.05) is 0 Å². The van der Waals surface area contributed by atoms with E-state index < -0.39 is 0 Å². The van der Waals surface area contributed by atoms with Crippen molar-refractivity contribution < 1.29 is 9.21 Å². The molecule has 0 aliphatic rings. The number of carbonyl (C=O) groups is 1. The molecule has 2 rings (SSSR count). The number of furan rings is 1. The van der Waals surface area contributed by atoms with Crippen molar-refractivity contribution in [2.24, 2.45) is 0 Å². The zero-order chi connectivity index (χ0) is 10.8. The molecule has 0 radical (unpaired) electrons. The van der Waals surface area contributed by atoms with Crippen LogP contribution in [-0.2, 0) is 0 Å². The summed E-state index contributed by atoms with van der Waals surface area (Å²) in [5.41, 5.74) is 2.95. The van der Waals surface area contributed by atoms with Crippen LogP contribution in [0.25, 0.3) is 11.1 Å². The molecule has 3 heteroatoms. The van der Waals surface area contributed by atoms with Gasteiger partial charge in [0.25, 0.3) is 0 Å². The molecule has 0 atom stereocenters. The van der Waals surface area contributed by atoms with Gasteiger partial charge in [-0.15, -0.1) is 0 Å². The lowest BCUT2D eigenvalue weighted by atomic mass is 10.0. The molecule has 15 heavy (non-hydrogen) atoms. The minimum Gasteiger partial charge on any atom is -0.460 e. The Morgan fingerprint density at radius 3 is 2.87 bits per heavy atom. The van der Waals surface area contributed by atoms with E-state index in [1.54, 1.807) is 0 Å². The molecule has 0 unspecified atom stereocenters. The van der Waals surface area contributed by atoms with Gasteiger partial charge in [-0.1, -0.05) is 29.8 Å². The fourth-order valence-electron chi connectivity index (χ4n) is 1.52. The Morgan fingerprint density at radius 2 is 2.20 bits per heavy atom. The molecule has 0 aliphatic carbocycles. The lowest BCUT2D eigenvalue weighted by Crippen LogP contribution is -1.83. The van der Waals surface area contributed by atoms with E-state index in [0.717, 1.165) is 27.4 Å². The SMILES string of the molecule is Cc1cccc(-c2c(Br)coc2C=O)c1. The summed E-state index contributed by atoms with van der Waals surface area (Å²) in [4.78, 5) is 10.8. The van der Waals surface area contributed by atoms with Gasteiger partial charge in [-0.2, -0.15) is 0 Å². The largest absolute Gasteiger partial charge is 0.460 e. The van der Waals surface area contributed by atoms with Crippen LogP contribution in [0.5, 0.6) is 0 Å². The number of aryl methyl sites for hydroxylation is 1. The first-order valence-corrected chi connectivity index (χ1v) is 5.31. The molecule has 0 saturated carbocycles. The number of aldehydes is 1. The monoisotopic (exact) mass is 264 g/mol. The molecule has 1 aromatic heterocycles. The van der Waals surface area contributed by atoms with Gasteiger partial charge in [0.15, 0.2) is 12.0 Å². The third kappa shape index (κ3) is 1.88. The minimum absolute atomic E-state index is 0.354. The van der Waals surface area contributed by atoms with Gasteiger partial charge in [-0.05, 0) is 28.4 Å². The number of rotatable bonds is 2. The van der Waals surface area contributed by atoms with Crippen LogP contribution in [0.1, 0.15) is 16.1 Å². The maximum atomic E-state index is 10.8. The van der Waals surface area contributed by atoms with Gasteiger partial charge in [0.1, 0.15) is 6.26 Å². The Bertz CT molecular complexity index is 500. The Kier molecular flexibility index (Phi) is 2.73. The van der Waals surface area contributed by atoms with Crippen LogP contribution in [0, 0.1) is 6.92 Å². The Morgan fingerprint density at radius 1 is 1.40 bits per heavy atom. The van der Waals surface area contributed by atoms with Gasteiger partial charge < -0.3 is 4.42 Å². The predicted octanol–water partition coefficient (Wildman–Crippen LogP) is 3.83. The van der Waals surface area contributed by atoms with Crippen molar-refractivity contribution >= 4 is 22.2 Å². The standard InChI is InChI=1S/C12H9BrO2/c1-8-3-2-4-9(5-8)12-10(13)7-15-11(12)6-14/h2-7H,1H3. The fraction of sp³-hybridized carbons (Fsp3) is 0.0833. The smallest absolute Gasteiger partial charge is 0.186 e. The van der Waals surface area contributed by atoms with E-state index >= 15 is 0 Å². The average Bonchev–Trinajstić information content (AvgIpc) is 2.59. The van der Waals surface area contributed by atoms with E-state index in [4.69, 9.17) is 4.42 Å². The second-order valence-electron chi connectivity index (χ2n) is 3.31. The molecule has 2 nitrogen and oxygen atoms in total. The second kappa shape index (κ2) is 4.03. The molecule has 0 spiro atoms. The molecule has 0 saturated heterocycles. The van der Waals surface area contributed by atoms with E-state index in [0.29, 0.717) is 5.76 Å². The van der Waals surface area contributed by atoms with Crippen molar-refractivity contribution in [1.29, 1.82) is 0 Å². The normalized spacial score (nSPS) is 10.3. The van der Waals surface area contributed by atoms with Crippen LogP contribution >= 0.6 is 15.9 Å².